The minimum Gasteiger partial charge on any atom is -0.497 e. The molecule has 34 heavy (non-hydrogen) atoms. The van der Waals surface area contributed by atoms with Crippen LogP contribution in [-0.4, -0.2) is 62.9 Å². The molecule has 3 rings (SSSR count). The van der Waals surface area contributed by atoms with Crippen molar-refractivity contribution in [3.05, 3.63) is 29.8 Å². The van der Waals surface area contributed by atoms with Gasteiger partial charge in [0.1, 0.15) is 18.1 Å². The zero-order valence-electron chi connectivity index (χ0n) is 21.6. The molecular weight excluding hydrogens is 436 g/mol. The number of rotatable bonds is 10. The quantitative estimate of drug-likeness (QED) is 0.400. The Bertz CT molecular complexity index is 804. The first-order chi connectivity index (χ1) is 16.1. The predicted octanol–water partition coefficient (Wildman–Crippen LogP) is 4.14. The first-order valence-electron chi connectivity index (χ1n) is 12.3. The molecule has 7 nitrogen and oxygen atoms in total. The molecule has 7 heteroatoms. The average Bonchev–Trinajstić information content (AvgIpc) is 2.81. The zero-order chi connectivity index (χ0) is 25.0. The summed E-state index contributed by atoms with van der Waals surface area (Å²) in [5, 5.41) is 11.7. The molecule has 0 aliphatic heterocycles. The van der Waals surface area contributed by atoms with Gasteiger partial charge in [0.05, 0.1) is 39.1 Å². The Balaban J connectivity index is 1.90. The summed E-state index contributed by atoms with van der Waals surface area (Å²) in [5.41, 5.74) is -1.33. The van der Waals surface area contributed by atoms with Crippen molar-refractivity contribution in [2.75, 3.05) is 34.2 Å². The van der Waals surface area contributed by atoms with E-state index in [9.17, 15) is 9.90 Å². The van der Waals surface area contributed by atoms with E-state index in [1.807, 2.05) is 38.1 Å². The van der Waals surface area contributed by atoms with Crippen molar-refractivity contribution in [3.63, 3.8) is 0 Å². The molecule has 192 valence electrons. The number of ketones is 1. The highest BCUT2D eigenvalue weighted by molar-refractivity contribution is 5.89. The Morgan fingerprint density at radius 3 is 2.35 bits per heavy atom. The third-order valence-corrected chi connectivity index (χ3v) is 8.10. The Labute approximate surface area is 204 Å². The summed E-state index contributed by atoms with van der Waals surface area (Å²) in [6.45, 7) is 9.73. The van der Waals surface area contributed by atoms with E-state index in [2.05, 4.69) is 13.8 Å². The standard InChI is InChI=1S/C27H42O7/c1-25(2)13-14-27(29)22(28)12-11-21(26(27,3)4)23(24(25)34-18-32-16-15-30-5)33-17-19-7-9-20(31-6)10-8-19/h7-10,21,23-24,29H,11-18H2,1-6H3/t21?,23-,24-,27?/m1/s1. The van der Waals surface area contributed by atoms with E-state index >= 15 is 0 Å². The van der Waals surface area contributed by atoms with Crippen LogP contribution in [0.4, 0.5) is 0 Å². The Morgan fingerprint density at radius 1 is 1.00 bits per heavy atom. The maximum Gasteiger partial charge on any atom is 0.164 e. The highest BCUT2D eigenvalue weighted by atomic mass is 16.7. The summed E-state index contributed by atoms with van der Waals surface area (Å²) in [6, 6.07) is 7.81. The maximum atomic E-state index is 13.0. The molecule has 2 aliphatic carbocycles. The third kappa shape index (κ3) is 5.49. The van der Waals surface area contributed by atoms with E-state index in [4.69, 9.17) is 23.7 Å². The van der Waals surface area contributed by atoms with Crippen LogP contribution in [0.25, 0.3) is 0 Å². The summed E-state index contributed by atoms with van der Waals surface area (Å²) < 4.78 is 29.0. The molecule has 1 aromatic rings. The molecule has 2 bridgehead atoms. The van der Waals surface area contributed by atoms with E-state index in [0.717, 1.165) is 11.3 Å². The largest absolute Gasteiger partial charge is 0.497 e. The van der Waals surface area contributed by atoms with Crippen LogP contribution < -0.4 is 4.74 Å². The van der Waals surface area contributed by atoms with Crippen LogP contribution in [0.2, 0.25) is 0 Å². The lowest BCUT2D eigenvalue weighted by molar-refractivity contribution is -0.238. The average molecular weight is 479 g/mol. The summed E-state index contributed by atoms with van der Waals surface area (Å²) >= 11 is 0. The first kappa shape index (κ1) is 27.1. The Hall–Kier alpha value is -1.51. The number of aliphatic hydroxyl groups is 1. The lowest BCUT2D eigenvalue weighted by atomic mass is 9.52. The fraction of sp³-hybridized carbons (Fsp3) is 0.741. The molecule has 0 heterocycles. The molecular formula is C27H42O7. The topological polar surface area (TPSA) is 83.5 Å². The van der Waals surface area contributed by atoms with Crippen LogP contribution in [-0.2, 0) is 30.3 Å². The minimum atomic E-state index is -1.37. The molecule has 0 spiro atoms. The molecule has 0 radical (unpaired) electrons. The Kier molecular flexibility index (Phi) is 8.80. The number of Topliss-reactive ketones (excluding diaryl/α,β-unsaturated/α-hetero) is 1. The van der Waals surface area contributed by atoms with Gasteiger partial charge >= 0.3 is 0 Å². The second-order valence-corrected chi connectivity index (χ2v) is 10.9. The Morgan fingerprint density at radius 2 is 1.71 bits per heavy atom. The van der Waals surface area contributed by atoms with Gasteiger partial charge in [0.25, 0.3) is 0 Å². The molecule has 1 N–H and O–H groups in total. The van der Waals surface area contributed by atoms with E-state index in [-0.39, 0.29) is 36.1 Å². The summed E-state index contributed by atoms with van der Waals surface area (Å²) in [4.78, 5) is 13.0. The number of hydrogen-bond acceptors (Lipinski definition) is 7. The minimum absolute atomic E-state index is 0.0549. The van der Waals surface area contributed by atoms with E-state index in [0.29, 0.717) is 45.5 Å². The van der Waals surface area contributed by atoms with Gasteiger partial charge in [-0.1, -0.05) is 39.8 Å². The van der Waals surface area contributed by atoms with Crippen molar-refractivity contribution >= 4 is 5.78 Å². The van der Waals surface area contributed by atoms with Crippen molar-refractivity contribution in [2.45, 2.75) is 77.8 Å². The van der Waals surface area contributed by atoms with Crippen LogP contribution in [0, 0.1) is 16.7 Å². The van der Waals surface area contributed by atoms with Gasteiger partial charge in [-0.2, -0.15) is 0 Å². The number of benzene rings is 1. The fourth-order valence-corrected chi connectivity index (χ4v) is 5.62. The number of carbonyl (C=O) groups excluding carboxylic acids is 1. The molecule has 0 aromatic heterocycles. The van der Waals surface area contributed by atoms with Crippen molar-refractivity contribution in [1.29, 1.82) is 0 Å². The number of fused-ring (bicyclic) bond motifs is 2. The second-order valence-electron chi connectivity index (χ2n) is 10.9. The van der Waals surface area contributed by atoms with Gasteiger partial charge in [0.15, 0.2) is 5.78 Å². The summed E-state index contributed by atoms with van der Waals surface area (Å²) in [5.74, 6) is 0.681. The molecule has 1 aromatic carbocycles. The lowest BCUT2D eigenvalue weighted by Gasteiger charge is -2.57. The highest BCUT2D eigenvalue weighted by Gasteiger charge is 2.61. The van der Waals surface area contributed by atoms with Gasteiger partial charge in [-0.3, -0.25) is 4.79 Å². The van der Waals surface area contributed by atoms with Gasteiger partial charge < -0.3 is 28.8 Å². The smallest absolute Gasteiger partial charge is 0.164 e. The zero-order valence-corrected chi connectivity index (χ0v) is 21.6. The van der Waals surface area contributed by atoms with Gasteiger partial charge in [-0.05, 0) is 48.3 Å². The van der Waals surface area contributed by atoms with Crippen LogP contribution >= 0.6 is 0 Å². The molecule has 0 saturated heterocycles. The van der Waals surface area contributed by atoms with Crippen molar-refractivity contribution in [2.24, 2.45) is 16.7 Å². The van der Waals surface area contributed by atoms with Gasteiger partial charge in [0.2, 0.25) is 0 Å². The van der Waals surface area contributed by atoms with Gasteiger partial charge in [-0.15, -0.1) is 0 Å². The van der Waals surface area contributed by atoms with Gasteiger partial charge in [0, 0.05) is 18.9 Å². The predicted molar refractivity (Wildman–Crippen MR) is 129 cm³/mol. The molecule has 2 unspecified atom stereocenters. The second kappa shape index (κ2) is 11.0. The normalized spacial score (nSPS) is 30.4. The maximum absolute atomic E-state index is 13.0. The molecule has 4 atom stereocenters. The number of ether oxygens (including phenoxy) is 5. The van der Waals surface area contributed by atoms with Crippen LogP contribution in [0.3, 0.4) is 0 Å². The molecule has 2 aliphatic rings. The van der Waals surface area contributed by atoms with Crippen molar-refractivity contribution in [1.82, 2.24) is 0 Å². The molecule has 2 fully saturated rings. The molecule has 0 amide bonds. The third-order valence-electron chi connectivity index (χ3n) is 8.10. The molecule has 2 saturated carbocycles. The van der Waals surface area contributed by atoms with Gasteiger partial charge in [-0.25, -0.2) is 0 Å². The van der Waals surface area contributed by atoms with Crippen LogP contribution in [0.1, 0.15) is 58.9 Å². The van der Waals surface area contributed by atoms with E-state index in [1.165, 1.54) is 0 Å². The number of methoxy groups -OCH3 is 2. The SMILES string of the molecule is COCCOCO[C@@H]1[C@H](OCc2ccc(OC)cc2)C2CCC(=O)C(O)(CCC1(C)C)C2(C)C. The van der Waals surface area contributed by atoms with E-state index in [1.54, 1.807) is 14.2 Å². The number of hydrogen-bond donors (Lipinski definition) is 1. The highest BCUT2D eigenvalue weighted by Crippen LogP contribution is 2.55. The summed E-state index contributed by atoms with van der Waals surface area (Å²) in [6.07, 6.45) is 1.47. The first-order valence-corrected chi connectivity index (χ1v) is 12.3. The lowest BCUT2D eigenvalue weighted by Crippen LogP contribution is -2.65. The van der Waals surface area contributed by atoms with Crippen LogP contribution in [0.5, 0.6) is 5.75 Å². The fourth-order valence-electron chi connectivity index (χ4n) is 5.62. The van der Waals surface area contributed by atoms with Crippen LogP contribution in [0.15, 0.2) is 24.3 Å². The van der Waals surface area contributed by atoms with Crippen molar-refractivity contribution < 1.29 is 33.6 Å². The van der Waals surface area contributed by atoms with Crippen molar-refractivity contribution in [3.8, 4) is 5.75 Å². The van der Waals surface area contributed by atoms with E-state index < -0.39 is 11.0 Å². The summed E-state index contributed by atoms with van der Waals surface area (Å²) in [7, 11) is 3.28. The number of carbonyl (C=O) groups is 1. The monoisotopic (exact) mass is 478 g/mol.